The fourth-order valence-corrected chi connectivity index (χ4v) is 5.04. The Kier molecular flexibility index (Phi) is 8.54. The molecule has 0 aromatic heterocycles. The molecule has 2 fully saturated rings. The number of hydrogen-bond donors (Lipinski definition) is 2. The number of likely N-dealkylation sites (tertiary alicyclic amines) is 2. The van der Waals surface area contributed by atoms with E-state index in [1.165, 1.54) is 0 Å². The number of nitrogens with zero attached hydrogens (tertiary/aromatic N) is 2. The number of nitrogens with one attached hydrogen (secondary N) is 1. The minimum absolute atomic E-state index is 0.0324. The standard InChI is InChI=1S/C22H26ClF6N3O4/c23-15-10-14(11-16(12-15)30-6-2-17(33)34)13-32-7-1-3-20(32)4-8-31(9-5-20)19(35)36-18(21(24,25)26)22(27,28)29/h10-12,18,30H,1-9,13H2,(H,33,34). The van der Waals surface area contributed by atoms with Gasteiger partial charge in [-0.05, 0) is 56.0 Å². The Labute approximate surface area is 208 Å². The highest BCUT2D eigenvalue weighted by molar-refractivity contribution is 6.30. The van der Waals surface area contributed by atoms with Gasteiger partial charge in [-0.25, -0.2) is 4.79 Å². The van der Waals surface area contributed by atoms with Gasteiger partial charge in [0.15, 0.2) is 0 Å². The van der Waals surface area contributed by atoms with Crippen molar-refractivity contribution in [2.75, 3.05) is 31.5 Å². The van der Waals surface area contributed by atoms with E-state index in [-0.39, 0.29) is 31.6 Å². The van der Waals surface area contributed by atoms with Crippen LogP contribution in [0.15, 0.2) is 18.2 Å². The number of carboxylic acid groups (broad SMARTS) is 1. The Morgan fingerprint density at radius 3 is 2.28 bits per heavy atom. The summed E-state index contributed by atoms with van der Waals surface area (Å²) in [5.41, 5.74) is 1.17. The largest absolute Gasteiger partial charge is 0.481 e. The zero-order valence-electron chi connectivity index (χ0n) is 19.1. The van der Waals surface area contributed by atoms with Gasteiger partial charge < -0.3 is 20.1 Å². The fourth-order valence-electron chi connectivity index (χ4n) is 4.79. The summed E-state index contributed by atoms with van der Waals surface area (Å²) in [6.07, 6.45) is -15.0. The van der Waals surface area contributed by atoms with Gasteiger partial charge in [-0.15, -0.1) is 0 Å². The second kappa shape index (κ2) is 10.9. The van der Waals surface area contributed by atoms with Crippen molar-refractivity contribution >= 4 is 29.4 Å². The van der Waals surface area contributed by atoms with Crippen molar-refractivity contribution in [2.24, 2.45) is 0 Å². The summed E-state index contributed by atoms with van der Waals surface area (Å²) in [7, 11) is 0. The molecule has 14 heteroatoms. The summed E-state index contributed by atoms with van der Waals surface area (Å²) in [5, 5.41) is 12.3. The summed E-state index contributed by atoms with van der Waals surface area (Å²) < 4.78 is 80.3. The number of alkyl halides is 6. The van der Waals surface area contributed by atoms with E-state index in [0.717, 1.165) is 29.8 Å². The second-order valence-corrected chi connectivity index (χ2v) is 9.44. The van der Waals surface area contributed by atoms with E-state index >= 15 is 0 Å². The molecule has 3 rings (SSSR count). The highest BCUT2D eigenvalue weighted by Crippen LogP contribution is 2.41. The molecule has 0 unspecified atom stereocenters. The van der Waals surface area contributed by atoms with E-state index in [9.17, 15) is 35.9 Å². The maximum atomic E-state index is 12.7. The molecule has 1 aromatic rings. The van der Waals surface area contributed by atoms with Gasteiger partial charge in [0.05, 0.1) is 6.42 Å². The van der Waals surface area contributed by atoms with Crippen LogP contribution < -0.4 is 5.32 Å². The highest BCUT2D eigenvalue weighted by atomic mass is 35.5. The lowest BCUT2D eigenvalue weighted by Gasteiger charge is -2.45. The number of carbonyl (C=O) groups is 2. The predicted molar refractivity (Wildman–Crippen MR) is 118 cm³/mol. The number of hydrogen-bond acceptors (Lipinski definition) is 5. The Bertz CT molecular complexity index is 937. The van der Waals surface area contributed by atoms with Gasteiger partial charge in [-0.2, -0.15) is 26.3 Å². The molecular formula is C22H26ClF6N3O4. The van der Waals surface area contributed by atoms with Gasteiger partial charge in [0, 0.05) is 42.4 Å². The van der Waals surface area contributed by atoms with Crippen LogP contribution in [0.5, 0.6) is 0 Å². The van der Waals surface area contributed by atoms with E-state index in [1.54, 1.807) is 12.1 Å². The van der Waals surface area contributed by atoms with Crippen LogP contribution in [-0.2, 0) is 16.1 Å². The van der Waals surface area contributed by atoms with E-state index in [4.69, 9.17) is 16.7 Å². The molecule has 7 nitrogen and oxygen atoms in total. The van der Waals surface area contributed by atoms with Crippen molar-refractivity contribution in [1.82, 2.24) is 9.80 Å². The lowest BCUT2D eigenvalue weighted by Crippen LogP contribution is -2.54. The van der Waals surface area contributed by atoms with E-state index in [0.29, 0.717) is 30.1 Å². The molecule has 2 N–H and O–H groups in total. The van der Waals surface area contributed by atoms with Crippen LogP contribution in [0.25, 0.3) is 0 Å². The summed E-state index contributed by atoms with van der Waals surface area (Å²) in [6, 6.07) is 5.30. The molecule has 2 heterocycles. The fraction of sp³-hybridized carbons (Fsp3) is 0.636. The van der Waals surface area contributed by atoms with Crippen LogP contribution in [0.3, 0.4) is 0 Å². The minimum Gasteiger partial charge on any atom is -0.481 e. The minimum atomic E-state index is -5.76. The van der Waals surface area contributed by atoms with Crippen molar-refractivity contribution in [3.05, 3.63) is 28.8 Å². The van der Waals surface area contributed by atoms with Crippen LogP contribution in [0.4, 0.5) is 36.8 Å². The number of carboxylic acids is 1. The first kappa shape index (κ1) is 28.2. The highest BCUT2D eigenvalue weighted by Gasteiger charge is 2.60. The van der Waals surface area contributed by atoms with Gasteiger partial charge in [0.1, 0.15) is 0 Å². The number of piperidine rings is 1. The number of halogens is 7. The van der Waals surface area contributed by atoms with E-state index < -0.39 is 30.5 Å². The number of rotatable bonds is 7. The third-order valence-corrected chi connectivity index (χ3v) is 6.72. The van der Waals surface area contributed by atoms with Crippen molar-refractivity contribution in [3.8, 4) is 0 Å². The summed E-state index contributed by atoms with van der Waals surface area (Å²) >= 11 is 6.22. The van der Waals surface area contributed by atoms with Gasteiger partial charge in [-0.1, -0.05) is 11.6 Å². The zero-order valence-corrected chi connectivity index (χ0v) is 19.8. The molecule has 0 aliphatic carbocycles. The van der Waals surface area contributed by atoms with Crippen LogP contribution >= 0.6 is 11.6 Å². The predicted octanol–water partition coefficient (Wildman–Crippen LogP) is 5.29. The van der Waals surface area contributed by atoms with Gasteiger partial charge >= 0.3 is 24.4 Å². The van der Waals surface area contributed by atoms with Crippen molar-refractivity contribution in [3.63, 3.8) is 0 Å². The Morgan fingerprint density at radius 2 is 1.69 bits per heavy atom. The molecule has 202 valence electrons. The molecule has 1 amide bonds. The number of benzene rings is 1. The molecule has 0 bridgehead atoms. The number of amides is 1. The second-order valence-electron chi connectivity index (χ2n) is 9.00. The smallest absolute Gasteiger partial charge is 0.434 e. The van der Waals surface area contributed by atoms with Crippen molar-refractivity contribution in [1.29, 1.82) is 0 Å². The maximum Gasteiger partial charge on any atom is 0.434 e. The first-order valence-corrected chi connectivity index (χ1v) is 11.7. The summed E-state index contributed by atoms with van der Waals surface area (Å²) in [4.78, 5) is 25.9. The molecular weight excluding hydrogens is 520 g/mol. The van der Waals surface area contributed by atoms with Gasteiger partial charge in [-0.3, -0.25) is 9.69 Å². The summed E-state index contributed by atoms with van der Waals surface area (Å²) in [6.45, 7) is 1.37. The van der Waals surface area contributed by atoms with E-state index in [2.05, 4.69) is 15.0 Å². The molecule has 0 atom stereocenters. The Balaban J connectivity index is 1.62. The lowest BCUT2D eigenvalue weighted by atomic mass is 9.85. The third kappa shape index (κ3) is 7.09. The average Bonchev–Trinajstić information content (AvgIpc) is 3.11. The normalized spacial score (nSPS) is 18.6. The SMILES string of the molecule is O=C(O)CCNc1cc(Cl)cc(CN2CCCC23CCN(C(=O)OC(C(F)(F)F)C(F)(F)F)CC3)c1. The molecule has 0 radical (unpaired) electrons. The van der Waals surface area contributed by atoms with Crippen LogP contribution in [0, 0.1) is 0 Å². The first-order chi connectivity index (χ1) is 16.7. The van der Waals surface area contributed by atoms with Crippen LogP contribution in [-0.4, -0.2) is 77.1 Å². The van der Waals surface area contributed by atoms with Gasteiger partial charge in [0.2, 0.25) is 0 Å². The Morgan fingerprint density at radius 1 is 1.06 bits per heavy atom. The zero-order chi connectivity index (χ0) is 26.7. The molecule has 1 spiro atoms. The lowest BCUT2D eigenvalue weighted by molar-refractivity contribution is -0.308. The molecule has 0 saturated carbocycles. The number of aliphatic carboxylic acids is 1. The van der Waals surface area contributed by atoms with Crippen LogP contribution in [0.1, 0.15) is 37.7 Å². The molecule has 36 heavy (non-hydrogen) atoms. The topological polar surface area (TPSA) is 82.1 Å². The van der Waals surface area contributed by atoms with Crippen LogP contribution in [0.2, 0.25) is 5.02 Å². The average molecular weight is 546 g/mol. The van der Waals surface area contributed by atoms with Gasteiger partial charge in [0.25, 0.3) is 6.10 Å². The Hall–Kier alpha value is -2.41. The molecule has 2 saturated heterocycles. The molecule has 1 aromatic carbocycles. The number of anilines is 1. The first-order valence-electron chi connectivity index (χ1n) is 11.3. The number of ether oxygens (including phenoxy) is 1. The molecule has 2 aliphatic heterocycles. The monoisotopic (exact) mass is 545 g/mol. The van der Waals surface area contributed by atoms with Crippen molar-refractivity contribution < 1.29 is 45.8 Å². The third-order valence-electron chi connectivity index (χ3n) is 6.51. The maximum absolute atomic E-state index is 12.7. The molecule has 2 aliphatic rings. The summed E-state index contributed by atoms with van der Waals surface area (Å²) in [5.74, 6) is -0.939. The quantitative estimate of drug-likeness (QED) is 0.453. The number of carbonyl (C=O) groups excluding carboxylic acids is 1. The van der Waals surface area contributed by atoms with Crippen molar-refractivity contribution in [2.45, 2.75) is 62.6 Å². The van der Waals surface area contributed by atoms with E-state index in [1.807, 2.05) is 6.07 Å².